The second-order valence-electron chi connectivity index (χ2n) is 5.40. The molecule has 0 radical (unpaired) electrons. The van der Waals surface area contributed by atoms with E-state index >= 15 is 0 Å². The molecule has 1 aliphatic heterocycles. The Morgan fingerprint density at radius 3 is 2.42 bits per heavy atom. The average molecular weight is 388 g/mol. The molecule has 1 heterocycles. The van der Waals surface area contributed by atoms with E-state index in [1.54, 1.807) is 55.6 Å². The van der Waals surface area contributed by atoms with Gasteiger partial charge in [0.25, 0.3) is 5.91 Å². The van der Waals surface area contributed by atoms with Crippen molar-refractivity contribution in [3.8, 4) is 5.75 Å². The fourth-order valence-corrected chi connectivity index (χ4v) is 2.81. The predicted octanol–water partition coefficient (Wildman–Crippen LogP) is 3.12. The lowest BCUT2D eigenvalue weighted by Crippen LogP contribution is -2.58. The number of methoxy groups -OCH3 is 1. The lowest BCUT2D eigenvalue weighted by atomic mass is 10.1. The van der Waals surface area contributed by atoms with Gasteiger partial charge in [-0.2, -0.15) is 0 Å². The second-order valence-corrected chi connectivity index (χ2v) is 6.22. The van der Waals surface area contributed by atoms with Crippen molar-refractivity contribution in [3.05, 3.63) is 53.6 Å². The number of anilines is 1. The van der Waals surface area contributed by atoms with Gasteiger partial charge < -0.3 is 10.1 Å². The average Bonchev–Trinajstić information content (AvgIpc) is 2.63. The molecule has 0 spiro atoms. The summed E-state index contributed by atoms with van der Waals surface area (Å²) in [6, 6.07) is 13.5. The Hall–Kier alpha value is -2.77. The van der Waals surface area contributed by atoms with Crippen LogP contribution in [0.3, 0.4) is 0 Å². The molecule has 0 aliphatic carbocycles. The van der Waals surface area contributed by atoms with Crippen LogP contribution in [0.1, 0.15) is 0 Å². The summed E-state index contributed by atoms with van der Waals surface area (Å²) in [5.41, 5.74) is 1.12. The number of ether oxygens (including phenoxy) is 1. The number of aliphatic imine (C=N–C) groups is 1. The number of rotatable bonds is 4. The van der Waals surface area contributed by atoms with E-state index in [-0.39, 0.29) is 5.11 Å². The van der Waals surface area contributed by atoms with E-state index in [1.807, 2.05) is 0 Å². The fourth-order valence-electron chi connectivity index (χ4n) is 2.39. The Kier molecular flexibility index (Phi) is 5.29. The van der Waals surface area contributed by atoms with Crippen molar-refractivity contribution in [1.29, 1.82) is 0 Å². The largest absolute Gasteiger partial charge is 0.497 e. The van der Waals surface area contributed by atoms with Gasteiger partial charge in [-0.25, -0.2) is 0 Å². The van der Waals surface area contributed by atoms with Crippen LogP contribution in [0.5, 0.6) is 5.75 Å². The molecule has 1 saturated heterocycles. The zero-order valence-corrected chi connectivity index (χ0v) is 15.3. The predicted molar refractivity (Wildman–Crippen MR) is 104 cm³/mol. The van der Waals surface area contributed by atoms with Crippen LogP contribution in [-0.2, 0) is 9.59 Å². The van der Waals surface area contributed by atoms with Crippen molar-refractivity contribution in [2.45, 2.75) is 0 Å². The molecule has 6 nitrogen and oxygen atoms in total. The Balaban J connectivity index is 1.84. The molecule has 0 aromatic heterocycles. The van der Waals surface area contributed by atoms with Crippen molar-refractivity contribution in [2.24, 2.45) is 10.9 Å². The van der Waals surface area contributed by atoms with Crippen molar-refractivity contribution in [3.63, 3.8) is 0 Å². The summed E-state index contributed by atoms with van der Waals surface area (Å²) < 4.78 is 5.08. The molecule has 2 amide bonds. The SMILES string of the molecule is COc1ccc(N=C[C@H]2C(=O)NC(=S)N(c3ccc(Cl)cc3)C2=O)cc1. The number of hydrogen-bond donors (Lipinski definition) is 1. The van der Waals surface area contributed by atoms with E-state index in [0.29, 0.717) is 22.1 Å². The highest BCUT2D eigenvalue weighted by atomic mass is 35.5. The molecule has 1 aliphatic rings. The third kappa shape index (κ3) is 3.74. The first-order valence-electron chi connectivity index (χ1n) is 7.62. The third-order valence-corrected chi connectivity index (χ3v) is 4.27. The number of amides is 2. The first-order valence-corrected chi connectivity index (χ1v) is 8.41. The van der Waals surface area contributed by atoms with Gasteiger partial charge in [0.1, 0.15) is 5.75 Å². The molecule has 1 atom stereocenters. The van der Waals surface area contributed by atoms with Gasteiger partial charge in [-0.3, -0.25) is 19.5 Å². The first kappa shape index (κ1) is 18.0. The minimum atomic E-state index is -1.08. The summed E-state index contributed by atoms with van der Waals surface area (Å²) in [6.07, 6.45) is 1.31. The second kappa shape index (κ2) is 7.63. The minimum Gasteiger partial charge on any atom is -0.497 e. The van der Waals surface area contributed by atoms with Gasteiger partial charge in [-0.05, 0) is 60.7 Å². The number of carbonyl (C=O) groups excluding carboxylic acids is 2. The van der Waals surface area contributed by atoms with Gasteiger partial charge in [-0.1, -0.05) is 11.6 Å². The molecule has 26 heavy (non-hydrogen) atoms. The molecule has 0 unspecified atom stereocenters. The maximum absolute atomic E-state index is 12.8. The molecule has 0 saturated carbocycles. The molecule has 132 valence electrons. The number of thiocarbonyl (C=S) groups is 1. The lowest BCUT2D eigenvalue weighted by Gasteiger charge is -2.30. The summed E-state index contributed by atoms with van der Waals surface area (Å²) in [4.78, 5) is 30.5. The van der Waals surface area contributed by atoms with Crippen LogP contribution in [-0.4, -0.2) is 30.3 Å². The van der Waals surface area contributed by atoms with E-state index in [1.165, 1.54) is 11.1 Å². The summed E-state index contributed by atoms with van der Waals surface area (Å²) in [5.74, 6) is -1.38. The smallest absolute Gasteiger partial charge is 0.251 e. The summed E-state index contributed by atoms with van der Waals surface area (Å²) >= 11 is 11.0. The fraction of sp³-hybridized carbons (Fsp3) is 0.111. The normalized spacial score (nSPS) is 17.5. The van der Waals surface area contributed by atoms with E-state index in [4.69, 9.17) is 28.6 Å². The van der Waals surface area contributed by atoms with Gasteiger partial charge in [-0.15, -0.1) is 0 Å². The number of carbonyl (C=O) groups is 2. The number of hydrogen-bond acceptors (Lipinski definition) is 5. The Labute approximate surface area is 160 Å². The standard InChI is InChI=1S/C18H14ClN3O3S/c1-25-14-8-4-12(5-9-14)20-10-15-16(23)21-18(26)22(17(15)24)13-6-2-11(19)3-7-13/h2-10,15H,1H3,(H,21,23,26)/t15-/m0/s1. The number of benzene rings is 2. The molecule has 1 N–H and O–H groups in total. The lowest BCUT2D eigenvalue weighted by molar-refractivity contribution is -0.130. The molecule has 0 bridgehead atoms. The molecule has 2 aromatic rings. The zero-order valence-electron chi connectivity index (χ0n) is 13.7. The molecule has 8 heteroatoms. The maximum Gasteiger partial charge on any atom is 0.251 e. The molecular formula is C18H14ClN3O3S. The Morgan fingerprint density at radius 1 is 1.15 bits per heavy atom. The molecule has 2 aromatic carbocycles. The summed E-state index contributed by atoms with van der Waals surface area (Å²) in [6.45, 7) is 0. The van der Waals surface area contributed by atoms with Gasteiger partial charge >= 0.3 is 0 Å². The van der Waals surface area contributed by atoms with Gasteiger partial charge in [0.2, 0.25) is 5.91 Å². The molecule has 3 rings (SSSR count). The summed E-state index contributed by atoms with van der Waals surface area (Å²) in [7, 11) is 1.57. The maximum atomic E-state index is 12.8. The highest BCUT2D eigenvalue weighted by Crippen LogP contribution is 2.23. The molecule has 1 fully saturated rings. The van der Waals surface area contributed by atoms with Crippen LogP contribution < -0.4 is 15.0 Å². The summed E-state index contributed by atoms with van der Waals surface area (Å²) in [5, 5.41) is 3.09. The van der Waals surface area contributed by atoms with Crippen molar-refractivity contribution < 1.29 is 14.3 Å². The van der Waals surface area contributed by atoms with E-state index < -0.39 is 17.7 Å². The van der Waals surface area contributed by atoms with Crippen molar-refractivity contribution in [2.75, 3.05) is 12.0 Å². The van der Waals surface area contributed by atoms with Crippen LogP contribution in [0.15, 0.2) is 53.5 Å². The first-order chi connectivity index (χ1) is 12.5. The minimum absolute atomic E-state index is 0.0245. The van der Waals surface area contributed by atoms with Gasteiger partial charge in [0.15, 0.2) is 11.0 Å². The number of nitrogens with zero attached hydrogens (tertiary/aromatic N) is 2. The number of nitrogens with one attached hydrogen (secondary N) is 1. The monoisotopic (exact) mass is 387 g/mol. The topological polar surface area (TPSA) is 71.0 Å². The van der Waals surface area contributed by atoms with Crippen molar-refractivity contribution >= 4 is 58.3 Å². The number of halogens is 1. The Bertz CT molecular complexity index is 882. The zero-order chi connectivity index (χ0) is 18.7. The van der Waals surface area contributed by atoms with Crippen LogP contribution in [0.4, 0.5) is 11.4 Å². The van der Waals surface area contributed by atoms with E-state index in [0.717, 1.165) is 0 Å². The van der Waals surface area contributed by atoms with E-state index in [9.17, 15) is 9.59 Å². The van der Waals surface area contributed by atoms with Crippen LogP contribution in [0, 0.1) is 5.92 Å². The van der Waals surface area contributed by atoms with Crippen molar-refractivity contribution in [1.82, 2.24) is 5.32 Å². The molecular weight excluding hydrogens is 374 g/mol. The van der Waals surface area contributed by atoms with Crippen LogP contribution >= 0.6 is 23.8 Å². The third-order valence-electron chi connectivity index (χ3n) is 3.73. The highest BCUT2D eigenvalue weighted by molar-refractivity contribution is 7.80. The van der Waals surface area contributed by atoms with Crippen LogP contribution in [0.2, 0.25) is 5.02 Å². The van der Waals surface area contributed by atoms with Gasteiger partial charge in [0.05, 0.1) is 18.5 Å². The van der Waals surface area contributed by atoms with Gasteiger partial charge in [0, 0.05) is 11.2 Å². The quantitative estimate of drug-likeness (QED) is 0.497. The Morgan fingerprint density at radius 2 is 1.81 bits per heavy atom. The van der Waals surface area contributed by atoms with Crippen LogP contribution in [0.25, 0.3) is 0 Å². The highest BCUT2D eigenvalue weighted by Gasteiger charge is 2.38. The van der Waals surface area contributed by atoms with E-state index in [2.05, 4.69) is 10.3 Å².